The summed E-state index contributed by atoms with van der Waals surface area (Å²) in [4.78, 5) is 27.0. The van der Waals surface area contributed by atoms with E-state index < -0.39 is 0 Å². The summed E-state index contributed by atoms with van der Waals surface area (Å²) < 4.78 is 0. The number of nitrogens with one attached hydrogen (secondary N) is 1. The van der Waals surface area contributed by atoms with Crippen molar-refractivity contribution in [2.75, 3.05) is 18.4 Å². The van der Waals surface area contributed by atoms with Crippen molar-refractivity contribution in [3.05, 3.63) is 64.7 Å². The van der Waals surface area contributed by atoms with E-state index in [4.69, 9.17) is 0 Å². The van der Waals surface area contributed by atoms with Crippen LogP contribution < -0.4 is 5.32 Å². The molecule has 0 saturated carbocycles. The minimum Gasteiger partial charge on any atom is -0.339 e. The van der Waals surface area contributed by atoms with E-state index in [9.17, 15) is 9.59 Å². The molecule has 1 aliphatic heterocycles. The highest BCUT2D eigenvalue weighted by Crippen LogP contribution is 2.21. The number of likely N-dealkylation sites (tertiary alicyclic amines) is 1. The Morgan fingerprint density at radius 1 is 1.04 bits per heavy atom. The van der Waals surface area contributed by atoms with Crippen molar-refractivity contribution in [3.8, 4) is 0 Å². The van der Waals surface area contributed by atoms with Crippen LogP contribution in [0.3, 0.4) is 0 Å². The van der Waals surface area contributed by atoms with Gasteiger partial charge in [0.15, 0.2) is 0 Å². The Balaban J connectivity index is 1.74. The predicted octanol–water partition coefficient (Wildman–Crippen LogP) is 3.72. The average Bonchev–Trinajstić information content (AvgIpc) is 3.12. The third-order valence-electron chi connectivity index (χ3n) is 4.67. The van der Waals surface area contributed by atoms with Gasteiger partial charge in [-0.3, -0.25) is 9.59 Å². The van der Waals surface area contributed by atoms with E-state index in [1.807, 2.05) is 43.0 Å². The second-order valence-electron chi connectivity index (χ2n) is 6.70. The van der Waals surface area contributed by atoms with Crippen LogP contribution in [0.1, 0.15) is 39.9 Å². The zero-order chi connectivity index (χ0) is 17.8. The number of amides is 2. The van der Waals surface area contributed by atoms with Gasteiger partial charge in [0.25, 0.3) is 5.91 Å². The molecule has 4 nitrogen and oxygen atoms in total. The molecular weight excluding hydrogens is 312 g/mol. The summed E-state index contributed by atoms with van der Waals surface area (Å²) in [6.07, 6.45) is 2.40. The molecular formula is C21H24N2O2. The lowest BCUT2D eigenvalue weighted by atomic mass is 10.0. The number of anilines is 1. The number of hydrogen-bond acceptors (Lipinski definition) is 2. The lowest BCUT2D eigenvalue weighted by molar-refractivity contribution is -0.115. The molecule has 1 N–H and O–H groups in total. The number of aryl methyl sites for hydroxylation is 2. The van der Waals surface area contributed by atoms with E-state index in [1.54, 1.807) is 12.1 Å². The molecule has 130 valence electrons. The van der Waals surface area contributed by atoms with Gasteiger partial charge in [-0.1, -0.05) is 35.9 Å². The van der Waals surface area contributed by atoms with Crippen molar-refractivity contribution in [3.63, 3.8) is 0 Å². The zero-order valence-corrected chi connectivity index (χ0v) is 14.8. The molecule has 4 heteroatoms. The summed E-state index contributed by atoms with van der Waals surface area (Å²) in [5.74, 6) is -0.103. The maximum atomic E-state index is 12.7. The van der Waals surface area contributed by atoms with Gasteiger partial charge >= 0.3 is 0 Å². The molecule has 1 aliphatic rings. The maximum absolute atomic E-state index is 12.7. The van der Waals surface area contributed by atoms with Gasteiger partial charge in [-0.2, -0.15) is 0 Å². The summed E-state index contributed by atoms with van der Waals surface area (Å²) in [6, 6.07) is 13.3. The van der Waals surface area contributed by atoms with Gasteiger partial charge in [0.05, 0.1) is 17.7 Å². The van der Waals surface area contributed by atoms with E-state index in [2.05, 4.69) is 11.4 Å². The summed E-state index contributed by atoms with van der Waals surface area (Å²) >= 11 is 0. The molecule has 0 atom stereocenters. The Hall–Kier alpha value is -2.62. The van der Waals surface area contributed by atoms with Crippen LogP contribution in [0.5, 0.6) is 0 Å². The van der Waals surface area contributed by atoms with Gasteiger partial charge in [-0.15, -0.1) is 0 Å². The lowest BCUT2D eigenvalue weighted by Gasteiger charge is -2.18. The van der Waals surface area contributed by atoms with Gasteiger partial charge < -0.3 is 10.2 Å². The molecule has 0 spiro atoms. The zero-order valence-electron chi connectivity index (χ0n) is 14.8. The first-order chi connectivity index (χ1) is 12.0. The van der Waals surface area contributed by atoms with E-state index >= 15 is 0 Å². The molecule has 2 aromatic carbocycles. The third kappa shape index (κ3) is 4.08. The topological polar surface area (TPSA) is 49.4 Å². The molecule has 1 saturated heterocycles. The van der Waals surface area contributed by atoms with E-state index in [-0.39, 0.29) is 11.8 Å². The SMILES string of the molecule is Cc1ccc(CC(=O)Nc2ccccc2C(=O)N2CCCC2)c(C)c1. The Bertz CT molecular complexity index is 792. The number of benzene rings is 2. The standard InChI is InChI=1S/C21H24N2O2/c1-15-9-10-17(16(2)13-15)14-20(24)22-19-8-4-3-7-18(19)21(25)23-11-5-6-12-23/h3-4,7-10,13H,5-6,11-12,14H2,1-2H3,(H,22,24). The van der Waals surface area contributed by atoms with Crippen LogP contribution in [0.2, 0.25) is 0 Å². The van der Waals surface area contributed by atoms with Crippen LogP contribution >= 0.6 is 0 Å². The first-order valence-corrected chi connectivity index (χ1v) is 8.79. The quantitative estimate of drug-likeness (QED) is 0.925. The minimum atomic E-state index is -0.103. The highest BCUT2D eigenvalue weighted by Gasteiger charge is 2.22. The largest absolute Gasteiger partial charge is 0.339 e. The van der Waals surface area contributed by atoms with Gasteiger partial charge in [0, 0.05) is 13.1 Å². The van der Waals surface area contributed by atoms with Crippen molar-refractivity contribution in [1.29, 1.82) is 0 Å². The van der Waals surface area contributed by atoms with Crippen LogP contribution in [0, 0.1) is 13.8 Å². The van der Waals surface area contributed by atoms with Crippen LogP contribution in [0.4, 0.5) is 5.69 Å². The molecule has 2 aromatic rings. The Morgan fingerprint density at radius 3 is 2.48 bits per heavy atom. The van der Waals surface area contributed by atoms with E-state index in [0.29, 0.717) is 17.7 Å². The molecule has 1 heterocycles. The fourth-order valence-corrected chi connectivity index (χ4v) is 3.28. The molecule has 0 radical (unpaired) electrons. The second kappa shape index (κ2) is 7.51. The molecule has 0 aliphatic carbocycles. The molecule has 25 heavy (non-hydrogen) atoms. The number of carbonyl (C=O) groups is 2. The highest BCUT2D eigenvalue weighted by atomic mass is 16.2. The fourth-order valence-electron chi connectivity index (χ4n) is 3.28. The highest BCUT2D eigenvalue weighted by molar-refractivity contribution is 6.04. The second-order valence-corrected chi connectivity index (χ2v) is 6.70. The average molecular weight is 336 g/mol. The summed E-state index contributed by atoms with van der Waals surface area (Å²) in [7, 11) is 0. The Labute approximate surface area is 148 Å². The van der Waals surface area contributed by atoms with Crippen molar-refractivity contribution in [1.82, 2.24) is 4.90 Å². The van der Waals surface area contributed by atoms with Crippen LogP contribution in [0.25, 0.3) is 0 Å². The first-order valence-electron chi connectivity index (χ1n) is 8.79. The molecule has 1 fully saturated rings. The van der Waals surface area contributed by atoms with Crippen molar-refractivity contribution >= 4 is 17.5 Å². The van der Waals surface area contributed by atoms with Crippen molar-refractivity contribution < 1.29 is 9.59 Å². The first kappa shape index (κ1) is 17.2. The molecule has 0 bridgehead atoms. The number of nitrogens with zero attached hydrogens (tertiary/aromatic N) is 1. The van der Waals surface area contributed by atoms with Gasteiger partial charge in [-0.05, 0) is 49.9 Å². The Morgan fingerprint density at radius 2 is 1.76 bits per heavy atom. The van der Waals surface area contributed by atoms with Gasteiger partial charge in [-0.25, -0.2) is 0 Å². The lowest BCUT2D eigenvalue weighted by Crippen LogP contribution is -2.29. The molecule has 0 unspecified atom stereocenters. The summed E-state index contributed by atoms with van der Waals surface area (Å²) in [5.41, 5.74) is 4.46. The third-order valence-corrected chi connectivity index (χ3v) is 4.67. The smallest absolute Gasteiger partial charge is 0.255 e. The van der Waals surface area contributed by atoms with E-state index in [1.165, 1.54) is 5.56 Å². The van der Waals surface area contributed by atoms with E-state index in [0.717, 1.165) is 37.1 Å². The van der Waals surface area contributed by atoms with Gasteiger partial charge in [0.2, 0.25) is 5.91 Å². The normalized spacial score (nSPS) is 13.8. The molecule has 2 amide bonds. The Kier molecular flexibility index (Phi) is 5.17. The number of carbonyl (C=O) groups excluding carboxylic acids is 2. The maximum Gasteiger partial charge on any atom is 0.255 e. The van der Waals surface area contributed by atoms with Crippen LogP contribution in [0.15, 0.2) is 42.5 Å². The van der Waals surface area contributed by atoms with Crippen molar-refractivity contribution in [2.24, 2.45) is 0 Å². The summed E-state index contributed by atoms with van der Waals surface area (Å²) in [6.45, 7) is 5.64. The monoisotopic (exact) mass is 336 g/mol. The molecule has 3 rings (SSSR count). The van der Waals surface area contributed by atoms with Crippen LogP contribution in [-0.2, 0) is 11.2 Å². The minimum absolute atomic E-state index is 0.0000774. The summed E-state index contributed by atoms with van der Waals surface area (Å²) in [5, 5.41) is 2.92. The number of rotatable bonds is 4. The predicted molar refractivity (Wildman–Crippen MR) is 99.8 cm³/mol. The van der Waals surface area contributed by atoms with Crippen molar-refractivity contribution in [2.45, 2.75) is 33.1 Å². The fraction of sp³-hybridized carbons (Fsp3) is 0.333. The number of para-hydroxylation sites is 1. The number of hydrogen-bond donors (Lipinski definition) is 1. The molecule has 0 aromatic heterocycles. The van der Waals surface area contributed by atoms with Gasteiger partial charge in [0.1, 0.15) is 0 Å². The van der Waals surface area contributed by atoms with Crippen LogP contribution in [-0.4, -0.2) is 29.8 Å².